The van der Waals surface area contributed by atoms with Gasteiger partial charge in [-0.2, -0.15) is 0 Å². The number of nitrogens with one attached hydrogen (secondary N) is 1. The SMILES string of the molecule is c1ccc(C2=NC(c3ccc(-c4ccc(N(c5ccccc5)c5ccccc5)cc4)c4c3oc3ccccc34)=NC(c3cccc4sc5ccccc5c34)N2)cc1. The maximum absolute atomic E-state index is 6.80. The van der Waals surface area contributed by atoms with Crippen molar-refractivity contribution in [2.45, 2.75) is 6.17 Å². The van der Waals surface area contributed by atoms with Gasteiger partial charge in [0.1, 0.15) is 23.2 Å². The molecule has 8 aromatic carbocycles. The van der Waals surface area contributed by atoms with Gasteiger partial charge in [-0.25, -0.2) is 9.98 Å². The van der Waals surface area contributed by atoms with Crippen molar-refractivity contribution in [3.8, 4) is 11.1 Å². The fraction of sp³-hybridized carbons (Fsp3) is 0.0196. The Morgan fingerprint density at radius 3 is 1.86 bits per heavy atom. The van der Waals surface area contributed by atoms with E-state index in [0.29, 0.717) is 5.84 Å². The molecule has 10 aromatic rings. The lowest BCUT2D eigenvalue weighted by Crippen LogP contribution is -2.33. The van der Waals surface area contributed by atoms with Crippen LogP contribution in [-0.4, -0.2) is 11.7 Å². The number of rotatable bonds is 7. The monoisotopic (exact) mass is 750 g/mol. The van der Waals surface area contributed by atoms with Gasteiger partial charge in [-0.3, -0.25) is 0 Å². The van der Waals surface area contributed by atoms with E-state index >= 15 is 0 Å². The van der Waals surface area contributed by atoms with Gasteiger partial charge in [0.25, 0.3) is 0 Å². The fourth-order valence-electron chi connectivity index (χ4n) is 8.14. The molecule has 11 rings (SSSR count). The largest absolute Gasteiger partial charge is 0.455 e. The fourth-order valence-corrected chi connectivity index (χ4v) is 9.28. The molecule has 5 nitrogen and oxygen atoms in total. The number of anilines is 3. The first kappa shape index (κ1) is 33.1. The number of furan rings is 1. The normalized spacial score (nSPS) is 14.1. The maximum atomic E-state index is 6.80. The number of hydrogen-bond donors (Lipinski definition) is 1. The lowest BCUT2D eigenvalue weighted by Gasteiger charge is -2.25. The van der Waals surface area contributed by atoms with Crippen molar-refractivity contribution in [1.29, 1.82) is 0 Å². The molecule has 0 fully saturated rings. The minimum Gasteiger partial charge on any atom is -0.455 e. The third-order valence-electron chi connectivity index (χ3n) is 10.8. The van der Waals surface area contributed by atoms with Crippen molar-refractivity contribution in [1.82, 2.24) is 5.32 Å². The van der Waals surface area contributed by atoms with E-state index in [1.54, 1.807) is 0 Å². The molecule has 57 heavy (non-hydrogen) atoms. The molecular formula is C51H34N4OS. The molecule has 1 aliphatic rings. The van der Waals surface area contributed by atoms with Crippen LogP contribution in [0.3, 0.4) is 0 Å². The highest BCUT2D eigenvalue weighted by molar-refractivity contribution is 7.25. The minimum absolute atomic E-state index is 0.377. The van der Waals surface area contributed by atoms with Gasteiger partial charge in [-0.15, -0.1) is 11.3 Å². The Balaban J connectivity index is 1.07. The first-order valence-electron chi connectivity index (χ1n) is 19.1. The van der Waals surface area contributed by atoms with Gasteiger partial charge in [-0.1, -0.05) is 133 Å². The van der Waals surface area contributed by atoms with Crippen LogP contribution in [0.25, 0.3) is 53.2 Å². The Labute approximate surface area is 333 Å². The average Bonchev–Trinajstić information content (AvgIpc) is 3.87. The first-order valence-corrected chi connectivity index (χ1v) is 19.9. The van der Waals surface area contributed by atoms with Gasteiger partial charge in [0.2, 0.25) is 0 Å². The predicted octanol–water partition coefficient (Wildman–Crippen LogP) is 13.6. The number of nitrogens with zero attached hydrogens (tertiary/aromatic N) is 3. The molecule has 1 aliphatic heterocycles. The second kappa shape index (κ2) is 13.8. The Hall–Kier alpha value is -7.28. The van der Waals surface area contributed by atoms with Gasteiger partial charge in [-0.05, 0) is 71.8 Å². The molecule has 270 valence electrons. The van der Waals surface area contributed by atoms with E-state index in [0.717, 1.165) is 72.7 Å². The summed E-state index contributed by atoms with van der Waals surface area (Å²) in [5.74, 6) is 1.40. The summed E-state index contributed by atoms with van der Waals surface area (Å²) in [6.45, 7) is 0. The first-order chi connectivity index (χ1) is 28.3. The summed E-state index contributed by atoms with van der Waals surface area (Å²) in [4.78, 5) is 12.9. The summed E-state index contributed by atoms with van der Waals surface area (Å²) < 4.78 is 9.30. The lowest BCUT2D eigenvalue weighted by atomic mass is 9.96. The topological polar surface area (TPSA) is 53.1 Å². The minimum atomic E-state index is -0.377. The van der Waals surface area contributed by atoms with Crippen LogP contribution in [0.4, 0.5) is 17.1 Å². The van der Waals surface area contributed by atoms with Crippen molar-refractivity contribution in [2.75, 3.05) is 4.90 Å². The zero-order chi connectivity index (χ0) is 37.7. The molecule has 0 bridgehead atoms. The molecule has 0 saturated heterocycles. The van der Waals surface area contributed by atoms with Crippen LogP contribution in [-0.2, 0) is 0 Å². The molecular weight excluding hydrogens is 717 g/mol. The van der Waals surface area contributed by atoms with E-state index < -0.39 is 0 Å². The van der Waals surface area contributed by atoms with Crippen LogP contribution in [0.15, 0.2) is 209 Å². The average molecular weight is 751 g/mol. The quantitative estimate of drug-likeness (QED) is 0.176. The van der Waals surface area contributed by atoms with Gasteiger partial charge in [0.15, 0.2) is 5.84 Å². The number of thiophene rings is 1. The Morgan fingerprint density at radius 2 is 1.11 bits per heavy atom. The molecule has 0 radical (unpaired) electrons. The number of aliphatic imine (C=N–C) groups is 2. The number of fused-ring (bicyclic) bond motifs is 6. The summed E-state index contributed by atoms with van der Waals surface area (Å²) in [7, 11) is 0. The van der Waals surface area contributed by atoms with Crippen molar-refractivity contribution in [3.63, 3.8) is 0 Å². The summed E-state index contributed by atoms with van der Waals surface area (Å²) in [5, 5.41) is 8.27. The van der Waals surface area contributed by atoms with Gasteiger partial charge in [0, 0.05) is 59.1 Å². The van der Waals surface area contributed by atoms with Crippen LogP contribution in [0, 0.1) is 0 Å². The molecule has 0 saturated carbocycles. The second-order valence-corrected chi connectivity index (χ2v) is 15.2. The molecule has 1 atom stereocenters. The molecule has 3 heterocycles. The van der Waals surface area contributed by atoms with Crippen LogP contribution < -0.4 is 10.2 Å². The van der Waals surface area contributed by atoms with Gasteiger partial charge < -0.3 is 14.6 Å². The zero-order valence-electron chi connectivity index (χ0n) is 30.7. The van der Waals surface area contributed by atoms with Crippen molar-refractivity contribution < 1.29 is 4.42 Å². The number of hydrogen-bond acceptors (Lipinski definition) is 6. The number of para-hydroxylation sites is 3. The van der Waals surface area contributed by atoms with Crippen LogP contribution >= 0.6 is 11.3 Å². The number of amidine groups is 2. The van der Waals surface area contributed by atoms with Crippen molar-refractivity contribution in [3.05, 3.63) is 211 Å². The molecule has 2 aromatic heterocycles. The lowest BCUT2D eigenvalue weighted by molar-refractivity contribution is 0.664. The van der Waals surface area contributed by atoms with Gasteiger partial charge >= 0.3 is 0 Å². The van der Waals surface area contributed by atoms with Crippen molar-refractivity contribution >= 4 is 82.2 Å². The Bertz CT molecular complexity index is 3110. The standard InChI is InChI=1S/C51H34N4OS/c1-4-15-34(16-5-1)49-52-50(41-23-14-26-45-46(41)40-22-11-13-25-44(40)57-45)54-51(53-49)42-32-31-38(47-39-21-10-12-24-43(39)56-48(42)47)33-27-29-37(30-28-33)55(35-17-6-2-7-18-35)36-19-8-3-9-20-36/h1-32,50H,(H,52,53,54). The highest BCUT2D eigenvalue weighted by Gasteiger charge is 2.27. The van der Waals surface area contributed by atoms with E-state index in [-0.39, 0.29) is 6.17 Å². The Morgan fingerprint density at radius 1 is 0.491 bits per heavy atom. The zero-order valence-corrected chi connectivity index (χ0v) is 31.5. The molecule has 0 amide bonds. The van der Waals surface area contributed by atoms with E-state index in [9.17, 15) is 0 Å². The van der Waals surface area contributed by atoms with E-state index in [1.165, 1.54) is 20.2 Å². The Kier molecular flexibility index (Phi) is 8.00. The third kappa shape index (κ3) is 5.77. The van der Waals surface area contributed by atoms with Gasteiger partial charge in [0.05, 0.1) is 5.56 Å². The highest BCUT2D eigenvalue weighted by Crippen LogP contribution is 2.43. The molecule has 1 unspecified atom stereocenters. The van der Waals surface area contributed by atoms with E-state index in [4.69, 9.17) is 14.4 Å². The van der Waals surface area contributed by atoms with Crippen LogP contribution in [0.5, 0.6) is 0 Å². The molecule has 0 spiro atoms. The molecule has 0 aliphatic carbocycles. The summed E-state index contributed by atoms with van der Waals surface area (Å²) in [6, 6.07) is 67.8. The van der Waals surface area contributed by atoms with Crippen LogP contribution in [0.1, 0.15) is 22.9 Å². The smallest absolute Gasteiger partial charge is 0.163 e. The number of benzene rings is 8. The predicted molar refractivity (Wildman–Crippen MR) is 239 cm³/mol. The van der Waals surface area contributed by atoms with Crippen molar-refractivity contribution in [2.24, 2.45) is 9.98 Å². The second-order valence-electron chi connectivity index (χ2n) is 14.2. The molecule has 6 heteroatoms. The third-order valence-corrected chi connectivity index (χ3v) is 11.9. The molecule has 1 N–H and O–H groups in total. The summed E-state index contributed by atoms with van der Waals surface area (Å²) in [6.07, 6.45) is -0.377. The van der Waals surface area contributed by atoms with E-state index in [2.05, 4.69) is 174 Å². The summed E-state index contributed by atoms with van der Waals surface area (Å²) >= 11 is 1.81. The highest BCUT2D eigenvalue weighted by atomic mass is 32.1. The maximum Gasteiger partial charge on any atom is 0.163 e. The van der Waals surface area contributed by atoms with E-state index in [1.807, 2.05) is 41.7 Å². The van der Waals surface area contributed by atoms with Crippen LogP contribution in [0.2, 0.25) is 0 Å². The summed E-state index contributed by atoms with van der Waals surface area (Å²) in [5.41, 5.74) is 10.0.